The Balaban J connectivity index is 2.46. The first-order valence-electron chi connectivity index (χ1n) is 5.26. The van der Waals surface area contributed by atoms with Crippen molar-refractivity contribution >= 4 is 5.97 Å². The number of hydrogen-bond donors (Lipinski definition) is 3. The first kappa shape index (κ1) is 12.7. The van der Waals surface area contributed by atoms with Gasteiger partial charge in [0.15, 0.2) is 0 Å². The van der Waals surface area contributed by atoms with E-state index in [9.17, 15) is 4.79 Å². The Morgan fingerprint density at radius 1 is 1.38 bits per heavy atom. The summed E-state index contributed by atoms with van der Waals surface area (Å²) in [5.74, 6) is -1.74. The van der Waals surface area contributed by atoms with Crippen LogP contribution in [0.4, 0.5) is 0 Å². The molecule has 0 radical (unpaired) electrons. The molecule has 88 valence electrons. The van der Waals surface area contributed by atoms with Crippen LogP contribution in [0, 0.1) is 5.92 Å². The van der Waals surface area contributed by atoms with Crippen LogP contribution in [0.25, 0.3) is 0 Å². The van der Waals surface area contributed by atoms with Crippen molar-refractivity contribution in [3.8, 4) is 0 Å². The van der Waals surface area contributed by atoms with Gasteiger partial charge in [-0.15, -0.1) is 0 Å². The molecule has 0 saturated carbocycles. The Labute approximate surface area is 94.9 Å². The van der Waals surface area contributed by atoms with Gasteiger partial charge < -0.3 is 15.5 Å². The summed E-state index contributed by atoms with van der Waals surface area (Å²) in [6.07, 6.45) is 0. The Hall–Kier alpha value is -1.39. The lowest BCUT2D eigenvalue weighted by Crippen LogP contribution is -2.39. The zero-order valence-electron chi connectivity index (χ0n) is 9.26. The first-order valence-corrected chi connectivity index (χ1v) is 5.26. The second-order valence-electron chi connectivity index (χ2n) is 3.78. The summed E-state index contributed by atoms with van der Waals surface area (Å²) >= 11 is 0. The van der Waals surface area contributed by atoms with E-state index in [4.69, 9.17) is 10.2 Å². The van der Waals surface area contributed by atoms with Crippen molar-refractivity contribution in [1.82, 2.24) is 5.32 Å². The van der Waals surface area contributed by atoms with Gasteiger partial charge in [0.1, 0.15) is 0 Å². The zero-order valence-corrected chi connectivity index (χ0v) is 9.26. The molecular weight excluding hydrogens is 206 g/mol. The highest BCUT2D eigenvalue weighted by molar-refractivity contribution is 5.70. The Kier molecular flexibility index (Phi) is 4.95. The van der Waals surface area contributed by atoms with Gasteiger partial charge in [-0.05, 0) is 12.5 Å². The lowest BCUT2D eigenvalue weighted by atomic mass is 10.0. The fourth-order valence-corrected chi connectivity index (χ4v) is 1.47. The highest BCUT2D eigenvalue weighted by Crippen LogP contribution is 2.05. The summed E-state index contributed by atoms with van der Waals surface area (Å²) in [6.45, 7) is 2.02. The van der Waals surface area contributed by atoms with E-state index in [2.05, 4.69) is 5.32 Å². The fourth-order valence-electron chi connectivity index (χ4n) is 1.47. The van der Waals surface area contributed by atoms with Crippen LogP contribution in [0.1, 0.15) is 12.5 Å². The molecule has 0 aromatic heterocycles. The number of carbonyl (C=O) groups is 1. The molecule has 3 N–H and O–H groups in total. The van der Waals surface area contributed by atoms with Crippen molar-refractivity contribution in [1.29, 1.82) is 0 Å². The number of hydrogen-bond acceptors (Lipinski definition) is 3. The molecule has 0 aliphatic rings. The number of rotatable bonds is 6. The summed E-state index contributed by atoms with van der Waals surface area (Å²) in [6, 6.07) is 9.47. The molecule has 2 atom stereocenters. The van der Waals surface area contributed by atoms with Crippen molar-refractivity contribution in [3.05, 3.63) is 35.9 Å². The maximum Gasteiger partial charge on any atom is 0.310 e. The van der Waals surface area contributed by atoms with Gasteiger partial charge in [0.05, 0.1) is 12.5 Å². The third-order valence-electron chi connectivity index (χ3n) is 2.59. The van der Waals surface area contributed by atoms with E-state index < -0.39 is 11.9 Å². The summed E-state index contributed by atoms with van der Waals surface area (Å²) in [4.78, 5) is 10.8. The number of aliphatic hydroxyl groups excluding tert-OH is 1. The smallest absolute Gasteiger partial charge is 0.310 e. The Morgan fingerprint density at radius 3 is 2.50 bits per heavy atom. The van der Waals surface area contributed by atoms with E-state index in [0.29, 0.717) is 6.54 Å². The number of nitrogens with one attached hydrogen (secondary N) is 1. The molecule has 1 rings (SSSR count). The summed E-state index contributed by atoms with van der Waals surface area (Å²) in [5.41, 5.74) is 1.09. The number of carboxylic acids is 1. The minimum absolute atomic E-state index is 0.261. The van der Waals surface area contributed by atoms with Gasteiger partial charge in [-0.3, -0.25) is 4.79 Å². The van der Waals surface area contributed by atoms with E-state index in [-0.39, 0.29) is 12.6 Å². The lowest BCUT2D eigenvalue weighted by molar-refractivity contribution is -0.144. The van der Waals surface area contributed by atoms with Crippen LogP contribution >= 0.6 is 0 Å². The maximum absolute atomic E-state index is 10.8. The molecule has 0 bridgehead atoms. The molecule has 4 nitrogen and oxygen atoms in total. The number of aliphatic carboxylic acids is 1. The van der Waals surface area contributed by atoms with Crippen molar-refractivity contribution in [2.45, 2.75) is 19.5 Å². The van der Waals surface area contributed by atoms with Crippen molar-refractivity contribution in [2.24, 2.45) is 5.92 Å². The topological polar surface area (TPSA) is 69.6 Å². The van der Waals surface area contributed by atoms with Crippen LogP contribution in [0.3, 0.4) is 0 Å². The Bertz CT molecular complexity index is 326. The summed E-state index contributed by atoms with van der Waals surface area (Å²) in [5, 5.41) is 20.9. The molecule has 0 saturated heterocycles. The third kappa shape index (κ3) is 3.64. The molecule has 0 aliphatic heterocycles. The van der Waals surface area contributed by atoms with Gasteiger partial charge in [0.25, 0.3) is 0 Å². The predicted molar refractivity (Wildman–Crippen MR) is 61.0 cm³/mol. The Morgan fingerprint density at radius 2 is 2.00 bits per heavy atom. The van der Waals surface area contributed by atoms with Crippen LogP contribution in [-0.4, -0.2) is 28.8 Å². The normalized spacial score (nSPS) is 14.4. The standard InChI is InChI=1S/C12H17NO3/c1-9(11(8-14)12(15)16)13-7-10-5-3-2-4-6-10/h2-6,9,11,13-14H,7-8H2,1H3,(H,15,16)/t9?,11-/m0/s1. The number of benzene rings is 1. The average molecular weight is 223 g/mol. The molecule has 16 heavy (non-hydrogen) atoms. The van der Waals surface area contributed by atoms with Gasteiger partial charge in [0.2, 0.25) is 0 Å². The van der Waals surface area contributed by atoms with E-state index in [0.717, 1.165) is 5.56 Å². The largest absolute Gasteiger partial charge is 0.481 e. The van der Waals surface area contributed by atoms with Crippen LogP contribution in [-0.2, 0) is 11.3 Å². The van der Waals surface area contributed by atoms with Crippen LogP contribution in [0.15, 0.2) is 30.3 Å². The summed E-state index contributed by atoms with van der Waals surface area (Å²) < 4.78 is 0. The van der Waals surface area contributed by atoms with Crippen molar-refractivity contribution < 1.29 is 15.0 Å². The molecule has 1 aromatic carbocycles. The molecule has 0 aliphatic carbocycles. The second-order valence-corrected chi connectivity index (χ2v) is 3.78. The highest BCUT2D eigenvalue weighted by Gasteiger charge is 2.23. The first-order chi connectivity index (χ1) is 7.65. The van der Waals surface area contributed by atoms with Crippen molar-refractivity contribution in [2.75, 3.05) is 6.61 Å². The minimum atomic E-state index is -0.976. The summed E-state index contributed by atoms with van der Waals surface area (Å²) in [7, 11) is 0. The van der Waals surface area contributed by atoms with E-state index >= 15 is 0 Å². The molecule has 1 unspecified atom stereocenters. The molecular formula is C12H17NO3. The van der Waals surface area contributed by atoms with E-state index in [1.54, 1.807) is 6.92 Å². The third-order valence-corrected chi connectivity index (χ3v) is 2.59. The number of aliphatic hydroxyl groups is 1. The van der Waals surface area contributed by atoms with E-state index in [1.807, 2.05) is 30.3 Å². The fraction of sp³-hybridized carbons (Fsp3) is 0.417. The van der Waals surface area contributed by atoms with E-state index in [1.165, 1.54) is 0 Å². The molecule has 0 fully saturated rings. The molecule has 4 heteroatoms. The lowest BCUT2D eigenvalue weighted by Gasteiger charge is -2.19. The van der Waals surface area contributed by atoms with Crippen molar-refractivity contribution in [3.63, 3.8) is 0 Å². The average Bonchev–Trinajstić information content (AvgIpc) is 2.28. The maximum atomic E-state index is 10.8. The second kappa shape index (κ2) is 6.25. The molecule has 0 heterocycles. The molecule has 0 amide bonds. The monoisotopic (exact) mass is 223 g/mol. The highest BCUT2D eigenvalue weighted by atomic mass is 16.4. The van der Waals surface area contributed by atoms with Gasteiger partial charge in [-0.25, -0.2) is 0 Å². The SMILES string of the molecule is CC(NCc1ccccc1)[C@H](CO)C(=O)O. The van der Waals surface area contributed by atoms with Gasteiger partial charge in [-0.2, -0.15) is 0 Å². The molecule has 1 aromatic rings. The van der Waals surface area contributed by atoms with Gasteiger partial charge in [-0.1, -0.05) is 30.3 Å². The molecule has 0 spiro atoms. The predicted octanol–water partition coefficient (Wildman–Crippen LogP) is 0.858. The number of carboxylic acid groups (broad SMARTS) is 1. The minimum Gasteiger partial charge on any atom is -0.481 e. The van der Waals surface area contributed by atoms with Crippen LogP contribution < -0.4 is 5.32 Å². The quantitative estimate of drug-likeness (QED) is 0.669. The van der Waals surface area contributed by atoms with Crippen LogP contribution in [0.5, 0.6) is 0 Å². The van der Waals surface area contributed by atoms with Gasteiger partial charge >= 0.3 is 5.97 Å². The zero-order chi connectivity index (χ0) is 12.0. The van der Waals surface area contributed by atoms with Gasteiger partial charge in [0, 0.05) is 12.6 Å². The van der Waals surface area contributed by atoms with Crippen LogP contribution in [0.2, 0.25) is 0 Å².